The first-order chi connectivity index (χ1) is 13.1. The first-order valence-corrected chi connectivity index (χ1v) is 11.2. The van der Waals surface area contributed by atoms with Gasteiger partial charge in [-0.15, -0.1) is 11.3 Å². The minimum absolute atomic E-state index is 0.109. The van der Waals surface area contributed by atoms with Crippen LogP contribution in [-0.4, -0.2) is 23.7 Å². The lowest BCUT2D eigenvalue weighted by Gasteiger charge is -2.46. The van der Waals surface area contributed by atoms with E-state index in [1.165, 1.54) is 46.7 Å². The first-order valence-electron chi connectivity index (χ1n) is 10.4. The minimum Gasteiger partial charge on any atom is -0.375 e. The maximum absolute atomic E-state index is 6.35. The summed E-state index contributed by atoms with van der Waals surface area (Å²) in [7, 11) is 0. The molecule has 1 saturated heterocycles. The van der Waals surface area contributed by atoms with E-state index in [2.05, 4.69) is 37.4 Å². The summed E-state index contributed by atoms with van der Waals surface area (Å²) in [5.41, 5.74) is 2.94. The van der Waals surface area contributed by atoms with E-state index in [1.807, 2.05) is 23.6 Å². The smallest absolute Gasteiger partial charge is 0.0691 e. The van der Waals surface area contributed by atoms with Crippen LogP contribution in [0, 0.1) is 13.8 Å². The highest BCUT2D eigenvalue weighted by molar-refractivity contribution is 7.12. The summed E-state index contributed by atoms with van der Waals surface area (Å²) < 4.78 is 6.35. The highest BCUT2D eigenvalue weighted by Crippen LogP contribution is 2.49. The van der Waals surface area contributed by atoms with Crippen molar-refractivity contribution in [1.82, 2.24) is 10.3 Å². The molecule has 2 aromatic heterocycles. The Kier molecular flexibility index (Phi) is 5.68. The Labute approximate surface area is 167 Å². The molecule has 2 aromatic rings. The monoisotopic (exact) mass is 384 g/mol. The van der Waals surface area contributed by atoms with Crippen molar-refractivity contribution < 1.29 is 4.74 Å². The van der Waals surface area contributed by atoms with E-state index in [-0.39, 0.29) is 11.0 Å². The van der Waals surface area contributed by atoms with E-state index < -0.39 is 0 Å². The highest BCUT2D eigenvalue weighted by Gasteiger charge is 2.48. The highest BCUT2D eigenvalue weighted by atomic mass is 32.1. The summed E-state index contributed by atoms with van der Waals surface area (Å²) in [6.07, 6.45) is 10.4. The van der Waals surface area contributed by atoms with Crippen LogP contribution in [0.4, 0.5) is 0 Å². The molecule has 0 bridgehead atoms. The summed E-state index contributed by atoms with van der Waals surface area (Å²) in [5, 5.41) is 3.70. The van der Waals surface area contributed by atoms with Gasteiger partial charge in [-0.1, -0.05) is 18.9 Å². The van der Waals surface area contributed by atoms with Crippen LogP contribution in [0.3, 0.4) is 0 Å². The van der Waals surface area contributed by atoms with Crippen molar-refractivity contribution in [2.24, 2.45) is 0 Å². The normalized spacial score (nSPS) is 24.5. The lowest BCUT2D eigenvalue weighted by Crippen LogP contribution is -2.47. The van der Waals surface area contributed by atoms with Crippen LogP contribution in [-0.2, 0) is 16.7 Å². The summed E-state index contributed by atoms with van der Waals surface area (Å²) in [5.74, 6) is 0. The van der Waals surface area contributed by atoms with Crippen molar-refractivity contribution in [1.29, 1.82) is 0 Å². The first kappa shape index (κ1) is 19.1. The molecule has 0 radical (unpaired) electrons. The van der Waals surface area contributed by atoms with Crippen molar-refractivity contribution in [3.63, 3.8) is 0 Å². The molecule has 0 amide bonds. The number of aryl methyl sites for hydroxylation is 2. The molecular weight excluding hydrogens is 352 g/mol. The summed E-state index contributed by atoms with van der Waals surface area (Å²) in [4.78, 5) is 7.68. The van der Waals surface area contributed by atoms with Crippen LogP contribution >= 0.6 is 11.3 Å². The lowest BCUT2D eigenvalue weighted by atomic mass is 9.68. The number of hydrogen-bond acceptors (Lipinski definition) is 4. The Balaban J connectivity index is 1.45. The molecule has 146 valence electrons. The molecule has 1 spiro atoms. The quantitative estimate of drug-likeness (QED) is 0.686. The lowest BCUT2D eigenvalue weighted by molar-refractivity contribution is -0.104. The topological polar surface area (TPSA) is 34.2 Å². The molecule has 0 unspecified atom stereocenters. The van der Waals surface area contributed by atoms with E-state index in [0.717, 1.165) is 39.0 Å². The molecule has 4 rings (SSSR count). The third-order valence-electron chi connectivity index (χ3n) is 6.67. The van der Waals surface area contributed by atoms with Gasteiger partial charge in [0, 0.05) is 40.2 Å². The molecule has 4 heteroatoms. The number of pyridine rings is 1. The molecule has 3 nitrogen and oxygen atoms in total. The van der Waals surface area contributed by atoms with Gasteiger partial charge in [0.05, 0.1) is 5.60 Å². The molecule has 1 N–H and O–H groups in total. The van der Waals surface area contributed by atoms with E-state index >= 15 is 0 Å². The Hall–Kier alpha value is -1.23. The Bertz CT molecular complexity index is 731. The van der Waals surface area contributed by atoms with Gasteiger partial charge in [-0.3, -0.25) is 4.98 Å². The molecular formula is C23H32N2OS. The third kappa shape index (κ3) is 4.13. The second-order valence-corrected chi connectivity index (χ2v) is 9.88. The number of nitrogens with one attached hydrogen (secondary N) is 1. The van der Waals surface area contributed by atoms with Gasteiger partial charge in [0.15, 0.2) is 0 Å². The van der Waals surface area contributed by atoms with Crippen LogP contribution in [0.5, 0.6) is 0 Å². The second kappa shape index (κ2) is 8.02. The average Bonchev–Trinajstić information content (AvgIpc) is 3.26. The van der Waals surface area contributed by atoms with Crippen LogP contribution in [0.1, 0.15) is 66.0 Å². The molecule has 1 atom stereocenters. The Morgan fingerprint density at radius 2 is 2.04 bits per heavy atom. The molecule has 3 heterocycles. The average molecular weight is 385 g/mol. The predicted octanol–water partition coefficient (Wildman–Crippen LogP) is 5.30. The molecule has 27 heavy (non-hydrogen) atoms. The molecule has 0 aromatic carbocycles. The van der Waals surface area contributed by atoms with Crippen LogP contribution in [0.25, 0.3) is 0 Å². The van der Waals surface area contributed by atoms with Gasteiger partial charge in [-0.25, -0.2) is 0 Å². The van der Waals surface area contributed by atoms with Crippen molar-refractivity contribution in [2.45, 2.75) is 76.4 Å². The fraction of sp³-hybridized carbons (Fsp3) is 0.609. The fourth-order valence-corrected chi connectivity index (χ4v) is 6.10. The zero-order valence-electron chi connectivity index (χ0n) is 16.7. The number of thiophene rings is 1. The molecule has 2 fully saturated rings. The molecule has 1 aliphatic carbocycles. The number of rotatable bonds is 6. The van der Waals surface area contributed by atoms with Crippen molar-refractivity contribution in [2.75, 3.05) is 13.2 Å². The van der Waals surface area contributed by atoms with Gasteiger partial charge in [-0.05, 0) is 76.3 Å². The molecule has 1 saturated carbocycles. The third-order valence-corrected chi connectivity index (χ3v) is 7.82. The van der Waals surface area contributed by atoms with Gasteiger partial charge in [0.2, 0.25) is 0 Å². The van der Waals surface area contributed by atoms with Gasteiger partial charge in [0.25, 0.3) is 0 Å². The standard InChI is InChI=1S/C23H32N2OS/c1-18-15-20(27-19(18)2)16-24-13-10-22(21-7-3-6-12-25-21)11-14-26-23(17-22)8-4-5-9-23/h3,6-7,12,15,24H,4-5,8-11,13-14,16-17H2,1-2H3/t22-/m1/s1. The summed E-state index contributed by atoms with van der Waals surface area (Å²) in [6.45, 7) is 7.29. The minimum atomic E-state index is 0.109. The van der Waals surface area contributed by atoms with Crippen molar-refractivity contribution in [3.8, 4) is 0 Å². The fourth-order valence-electron chi connectivity index (χ4n) is 5.07. The second-order valence-electron chi connectivity index (χ2n) is 8.54. The van der Waals surface area contributed by atoms with E-state index in [0.29, 0.717) is 0 Å². The maximum Gasteiger partial charge on any atom is 0.0691 e. The van der Waals surface area contributed by atoms with Crippen molar-refractivity contribution >= 4 is 11.3 Å². The summed E-state index contributed by atoms with van der Waals surface area (Å²) in [6, 6.07) is 8.73. The largest absolute Gasteiger partial charge is 0.375 e. The van der Waals surface area contributed by atoms with Gasteiger partial charge < -0.3 is 10.1 Å². The van der Waals surface area contributed by atoms with Gasteiger partial charge in [-0.2, -0.15) is 0 Å². The van der Waals surface area contributed by atoms with Crippen molar-refractivity contribution in [3.05, 3.63) is 51.5 Å². The Morgan fingerprint density at radius 3 is 2.74 bits per heavy atom. The molecule has 1 aliphatic heterocycles. The SMILES string of the molecule is Cc1cc(CNCC[C@@]2(c3ccccn3)CCOC3(CCCC3)C2)sc1C. The predicted molar refractivity (Wildman–Crippen MR) is 112 cm³/mol. The molecule has 2 aliphatic rings. The number of aromatic nitrogens is 1. The van der Waals surface area contributed by atoms with Crippen LogP contribution in [0.2, 0.25) is 0 Å². The van der Waals surface area contributed by atoms with Crippen LogP contribution < -0.4 is 5.32 Å². The van der Waals surface area contributed by atoms with E-state index in [9.17, 15) is 0 Å². The number of ether oxygens (including phenoxy) is 1. The van der Waals surface area contributed by atoms with Crippen LogP contribution in [0.15, 0.2) is 30.5 Å². The number of nitrogens with zero attached hydrogens (tertiary/aromatic N) is 1. The zero-order chi connectivity index (χ0) is 18.7. The zero-order valence-corrected chi connectivity index (χ0v) is 17.5. The van der Waals surface area contributed by atoms with E-state index in [4.69, 9.17) is 9.72 Å². The maximum atomic E-state index is 6.35. The van der Waals surface area contributed by atoms with E-state index in [1.54, 1.807) is 0 Å². The van der Waals surface area contributed by atoms with Gasteiger partial charge >= 0.3 is 0 Å². The number of hydrogen-bond donors (Lipinski definition) is 1. The Morgan fingerprint density at radius 1 is 1.19 bits per heavy atom. The van der Waals surface area contributed by atoms with Gasteiger partial charge in [0.1, 0.15) is 0 Å². The summed E-state index contributed by atoms with van der Waals surface area (Å²) >= 11 is 1.92.